The lowest BCUT2D eigenvalue weighted by molar-refractivity contribution is -0.137. The zero-order chi connectivity index (χ0) is 16.6. The predicted octanol–water partition coefficient (Wildman–Crippen LogP) is -2.22. The molecular formula is C13H14N6O4. The highest BCUT2D eigenvalue weighted by molar-refractivity contribution is 5.83. The van der Waals surface area contributed by atoms with Gasteiger partial charge in [-0.2, -0.15) is 0 Å². The molecular weight excluding hydrogens is 304 g/mol. The van der Waals surface area contributed by atoms with Crippen molar-refractivity contribution >= 4 is 22.9 Å². The Labute approximate surface area is 130 Å². The SMILES string of the molecule is C#CCNC(=O)[C@H]1OC(n2cnc3c(N)ncnc32)[C@H](O)[C@@H]1O. The molecule has 0 spiro atoms. The van der Waals surface area contributed by atoms with Crippen LogP contribution in [0.25, 0.3) is 11.2 Å². The molecule has 1 amide bonds. The highest BCUT2D eigenvalue weighted by Gasteiger charge is 2.47. The molecule has 0 aliphatic carbocycles. The zero-order valence-electron chi connectivity index (χ0n) is 11.8. The molecule has 4 atom stereocenters. The maximum atomic E-state index is 11.9. The van der Waals surface area contributed by atoms with Crippen molar-refractivity contribution in [2.75, 3.05) is 12.3 Å². The van der Waals surface area contributed by atoms with Crippen LogP contribution in [0.5, 0.6) is 0 Å². The molecule has 0 aromatic carbocycles. The maximum absolute atomic E-state index is 11.9. The number of hydrogen-bond donors (Lipinski definition) is 4. The summed E-state index contributed by atoms with van der Waals surface area (Å²) in [6, 6.07) is 0. The lowest BCUT2D eigenvalue weighted by atomic mass is 10.1. The van der Waals surface area contributed by atoms with E-state index < -0.39 is 30.4 Å². The maximum Gasteiger partial charge on any atom is 0.252 e. The van der Waals surface area contributed by atoms with Crippen LogP contribution in [0.1, 0.15) is 6.23 Å². The molecule has 3 rings (SSSR count). The third-order valence-corrected chi connectivity index (χ3v) is 3.52. The van der Waals surface area contributed by atoms with Gasteiger partial charge in [0.15, 0.2) is 23.8 Å². The fourth-order valence-corrected chi connectivity index (χ4v) is 2.40. The van der Waals surface area contributed by atoms with Crippen molar-refractivity contribution in [2.24, 2.45) is 0 Å². The Morgan fingerprint density at radius 1 is 1.43 bits per heavy atom. The second-order valence-corrected chi connectivity index (χ2v) is 4.93. The summed E-state index contributed by atoms with van der Waals surface area (Å²) in [5, 5.41) is 22.6. The number of anilines is 1. The zero-order valence-corrected chi connectivity index (χ0v) is 11.8. The largest absolute Gasteiger partial charge is 0.387 e. The van der Waals surface area contributed by atoms with Crippen LogP contribution in [0.3, 0.4) is 0 Å². The molecule has 2 aromatic rings. The molecule has 10 nitrogen and oxygen atoms in total. The summed E-state index contributed by atoms with van der Waals surface area (Å²) in [6.45, 7) is -0.00998. The Balaban J connectivity index is 1.90. The van der Waals surface area contributed by atoms with Crippen LogP contribution in [-0.4, -0.2) is 60.5 Å². The molecule has 1 aliphatic rings. The van der Waals surface area contributed by atoms with Crippen molar-refractivity contribution in [2.45, 2.75) is 24.5 Å². The Kier molecular flexibility index (Phi) is 3.83. The number of aliphatic hydroxyl groups excluding tert-OH is 2. The van der Waals surface area contributed by atoms with E-state index in [0.29, 0.717) is 11.2 Å². The first kappa shape index (κ1) is 15.2. The number of aliphatic hydroxyl groups is 2. The molecule has 0 bridgehead atoms. The van der Waals surface area contributed by atoms with Gasteiger partial charge in [-0.15, -0.1) is 6.42 Å². The number of aromatic nitrogens is 4. The number of fused-ring (bicyclic) bond motifs is 1. The minimum absolute atomic E-state index is 0.00998. The van der Waals surface area contributed by atoms with Gasteiger partial charge in [0.1, 0.15) is 24.1 Å². The van der Waals surface area contributed by atoms with E-state index in [1.165, 1.54) is 17.2 Å². The first-order valence-corrected chi connectivity index (χ1v) is 6.70. The van der Waals surface area contributed by atoms with Crippen molar-refractivity contribution < 1.29 is 19.7 Å². The van der Waals surface area contributed by atoms with E-state index in [1.54, 1.807) is 0 Å². The number of carbonyl (C=O) groups excluding carboxylic acids is 1. The Hall–Kier alpha value is -2.74. The summed E-state index contributed by atoms with van der Waals surface area (Å²) < 4.78 is 6.86. The van der Waals surface area contributed by atoms with E-state index in [0.717, 1.165) is 0 Å². The van der Waals surface area contributed by atoms with Gasteiger partial charge in [0.25, 0.3) is 5.91 Å². The average Bonchev–Trinajstić information content (AvgIpc) is 3.09. The first-order valence-electron chi connectivity index (χ1n) is 6.70. The number of nitrogen functional groups attached to an aromatic ring is 1. The van der Waals surface area contributed by atoms with Crippen LogP contribution in [0.15, 0.2) is 12.7 Å². The number of hydrogen-bond acceptors (Lipinski definition) is 8. The summed E-state index contributed by atoms with van der Waals surface area (Å²) in [5.74, 6) is 1.80. The van der Waals surface area contributed by atoms with E-state index in [9.17, 15) is 15.0 Å². The number of nitrogens with two attached hydrogens (primary N) is 1. The summed E-state index contributed by atoms with van der Waals surface area (Å²) in [4.78, 5) is 23.8. The summed E-state index contributed by atoms with van der Waals surface area (Å²) >= 11 is 0. The molecule has 0 saturated carbocycles. The average molecular weight is 318 g/mol. The van der Waals surface area contributed by atoms with Crippen molar-refractivity contribution in [1.29, 1.82) is 0 Å². The van der Waals surface area contributed by atoms with E-state index >= 15 is 0 Å². The lowest BCUT2D eigenvalue weighted by Gasteiger charge is -2.16. The number of amides is 1. The van der Waals surface area contributed by atoms with E-state index in [2.05, 4.69) is 26.2 Å². The number of nitrogens with zero attached hydrogens (tertiary/aromatic N) is 4. The third kappa shape index (κ3) is 2.46. The fourth-order valence-electron chi connectivity index (χ4n) is 2.40. The molecule has 1 unspecified atom stereocenters. The van der Waals surface area contributed by atoms with Crippen molar-refractivity contribution in [1.82, 2.24) is 24.8 Å². The molecule has 0 radical (unpaired) electrons. The minimum atomic E-state index is -1.42. The molecule has 3 heterocycles. The molecule has 1 saturated heterocycles. The number of imidazole rings is 1. The van der Waals surface area contributed by atoms with Gasteiger partial charge in [-0.1, -0.05) is 5.92 Å². The number of rotatable bonds is 3. The Morgan fingerprint density at radius 3 is 2.96 bits per heavy atom. The second-order valence-electron chi connectivity index (χ2n) is 4.93. The minimum Gasteiger partial charge on any atom is -0.387 e. The number of terminal acetylenes is 1. The molecule has 1 fully saturated rings. The van der Waals surface area contributed by atoms with Gasteiger partial charge < -0.3 is 26.0 Å². The van der Waals surface area contributed by atoms with E-state index in [1.807, 2.05) is 0 Å². The highest BCUT2D eigenvalue weighted by Crippen LogP contribution is 2.31. The quantitative estimate of drug-likeness (QED) is 0.465. The summed E-state index contributed by atoms with van der Waals surface area (Å²) in [6.07, 6.45) is 2.56. The van der Waals surface area contributed by atoms with Gasteiger partial charge in [-0.25, -0.2) is 15.0 Å². The van der Waals surface area contributed by atoms with Gasteiger partial charge in [0.05, 0.1) is 12.9 Å². The topological polar surface area (TPSA) is 148 Å². The molecule has 120 valence electrons. The van der Waals surface area contributed by atoms with Crippen LogP contribution in [-0.2, 0) is 9.53 Å². The van der Waals surface area contributed by atoms with Crippen molar-refractivity contribution in [3.63, 3.8) is 0 Å². The normalized spacial score (nSPS) is 27.0. The Morgan fingerprint density at radius 2 is 2.22 bits per heavy atom. The van der Waals surface area contributed by atoms with Crippen LogP contribution in [0.2, 0.25) is 0 Å². The molecule has 23 heavy (non-hydrogen) atoms. The molecule has 2 aromatic heterocycles. The van der Waals surface area contributed by atoms with Crippen LogP contribution in [0.4, 0.5) is 5.82 Å². The van der Waals surface area contributed by atoms with Gasteiger partial charge in [0.2, 0.25) is 0 Å². The van der Waals surface area contributed by atoms with Gasteiger partial charge >= 0.3 is 0 Å². The standard InChI is InChI=1S/C13H14N6O4/c1-2-3-15-12(22)9-7(20)8(21)13(23-9)19-5-18-6-10(14)16-4-17-11(6)19/h1,4-5,7-9,13,20-21H,3H2,(H,15,22)(H2,14,16,17)/t7-,8+,9-,13?/m0/s1. The highest BCUT2D eigenvalue weighted by atomic mass is 16.6. The smallest absolute Gasteiger partial charge is 0.252 e. The van der Waals surface area contributed by atoms with Gasteiger partial charge in [-0.3, -0.25) is 9.36 Å². The monoisotopic (exact) mass is 318 g/mol. The van der Waals surface area contributed by atoms with Crippen LogP contribution >= 0.6 is 0 Å². The number of ether oxygens (including phenoxy) is 1. The molecule has 10 heteroatoms. The van der Waals surface area contributed by atoms with E-state index in [-0.39, 0.29) is 12.4 Å². The predicted molar refractivity (Wildman–Crippen MR) is 77.5 cm³/mol. The third-order valence-electron chi connectivity index (χ3n) is 3.52. The second kappa shape index (κ2) is 5.81. The number of carbonyl (C=O) groups is 1. The fraction of sp³-hybridized carbons (Fsp3) is 0.385. The summed E-state index contributed by atoms with van der Waals surface area (Å²) in [7, 11) is 0. The molecule has 5 N–H and O–H groups in total. The first-order chi connectivity index (χ1) is 11.0. The van der Waals surface area contributed by atoms with Gasteiger partial charge in [0, 0.05) is 0 Å². The number of nitrogens with one attached hydrogen (secondary N) is 1. The van der Waals surface area contributed by atoms with Crippen molar-refractivity contribution in [3.8, 4) is 12.3 Å². The Bertz CT molecular complexity index is 784. The van der Waals surface area contributed by atoms with Crippen LogP contribution in [0, 0.1) is 12.3 Å². The van der Waals surface area contributed by atoms with E-state index in [4.69, 9.17) is 16.9 Å². The molecule has 1 aliphatic heterocycles. The van der Waals surface area contributed by atoms with Gasteiger partial charge in [-0.05, 0) is 0 Å². The van der Waals surface area contributed by atoms with Crippen LogP contribution < -0.4 is 11.1 Å². The summed E-state index contributed by atoms with van der Waals surface area (Å²) in [5.41, 5.74) is 6.35. The van der Waals surface area contributed by atoms with Crippen molar-refractivity contribution in [3.05, 3.63) is 12.7 Å². The lowest BCUT2D eigenvalue weighted by Crippen LogP contribution is -2.42.